The van der Waals surface area contributed by atoms with Crippen LogP contribution in [-0.4, -0.2) is 40.4 Å². The van der Waals surface area contributed by atoms with Crippen molar-refractivity contribution >= 4 is 0 Å². The van der Waals surface area contributed by atoms with Gasteiger partial charge in [0.2, 0.25) is 0 Å². The number of aromatic nitrogens is 2. The number of aryl methyl sites for hydroxylation is 1. The number of nitriles is 1. The number of nitrogens with zero attached hydrogens (tertiary/aromatic N) is 4. The zero-order valence-corrected chi connectivity index (χ0v) is 17.3. The fourth-order valence-corrected chi connectivity index (χ4v) is 5.19. The van der Waals surface area contributed by atoms with Gasteiger partial charge in [-0.15, -0.1) is 0 Å². The molecule has 2 aromatic heterocycles. The lowest BCUT2D eigenvalue weighted by molar-refractivity contribution is 0.0282. The van der Waals surface area contributed by atoms with E-state index in [1.165, 1.54) is 30.6 Å². The molecule has 6 heteroatoms. The van der Waals surface area contributed by atoms with Gasteiger partial charge in [0.1, 0.15) is 5.69 Å². The molecule has 0 saturated carbocycles. The molecule has 6 rings (SSSR count). The Morgan fingerprint density at radius 1 is 1.27 bits per heavy atom. The Labute approximate surface area is 177 Å². The molecule has 0 aliphatic carbocycles. The molecule has 3 aliphatic heterocycles. The second-order valence-electron chi connectivity index (χ2n) is 8.54. The van der Waals surface area contributed by atoms with Crippen molar-refractivity contribution in [3.63, 3.8) is 0 Å². The van der Waals surface area contributed by atoms with Crippen LogP contribution >= 0.6 is 0 Å². The van der Waals surface area contributed by atoms with Gasteiger partial charge < -0.3 is 9.73 Å². The van der Waals surface area contributed by atoms with Gasteiger partial charge in [-0.05, 0) is 61.2 Å². The molecule has 154 valence electrons. The molecular weight excluding hydrogens is 374 g/mol. The minimum atomic E-state index is 0.531. The Morgan fingerprint density at radius 2 is 2.20 bits per heavy atom. The lowest BCUT2D eigenvalue weighted by atomic mass is 9.74. The van der Waals surface area contributed by atoms with Crippen molar-refractivity contribution in [2.75, 3.05) is 19.6 Å². The summed E-state index contributed by atoms with van der Waals surface area (Å²) in [5, 5.41) is 17.4. The van der Waals surface area contributed by atoms with Gasteiger partial charge in [-0.1, -0.05) is 12.1 Å². The SMILES string of the molecule is Cn1nc(-c2ccco2)cc1[C@H]1CN2CC[C@H]1C[C@H]2CNCc1cccc(C#N)c1. The molecule has 3 aliphatic rings. The summed E-state index contributed by atoms with van der Waals surface area (Å²) in [6.45, 7) is 4.07. The van der Waals surface area contributed by atoms with Crippen LogP contribution in [0.1, 0.15) is 35.6 Å². The van der Waals surface area contributed by atoms with Crippen LogP contribution in [0, 0.1) is 17.2 Å². The van der Waals surface area contributed by atoms with E-state index in [2.05, 4.69) is 28.4 Å². The maximum atomic E-state index is 9.07. The van der Waals surface area contributed by atoms with Crippen LogP contribution in [0.3, 0.4) is 0 Å². The predicted molar refractivity (Wildman–Crippen MR) is 115 cm³/mol. The lowest BCUT2D eigenvalue weighted by Crippen LogP contribution is -2.55. The largest absolute Gasteiger partial charge is 0.463 e. The first-order chi connectivity index (χ1) is 14.7. The summed E-state index contributed by atoms with van der Waals surface area (Å²) in [6.07, 6.45) is 4.18. The number of rotatable bonds is 6. The minimum absolute atomic E-state index is 0.531. The summed E-state index contributed by atoms with van der Waals surface area (Å²) in [5.74, 6) is 2.06. The van der Waals surface area contributed by atoms with Gasteiger partial charge in [-0.3, -0.25) is 9.58 Å². The molecule has 3 fully saturated rings. The Morgan fingerprint density at radius 3 is 2.97 bits per heavy atom. The fourth-order valence-electron chi connectivity index (χ4n) is 5.19. The van der Waals surface area contributed by atoms with Gasteiger partial charge in [0, 0.05) is 44.3 Å². The summed E-state index contributed by atoms with van der Waals surface area (Å²) in [4.78, 5) is 2.64. The second-order valence-corrected chi connectivity index (χ2v) is 8.54. The molecule has 3 aromatic rings. The maximum Gasteiger partial charge on any atom is 0.154 e. The van der Waals surface area contributed by atoms with Crippen LogP contribution in [0.2, 0.25) is 0 Å². The molecular formula is C24H27N5O. The molecule has 6 nitrogen and oxygen atoms in total. The number of furan rings is 1. The number of fused-ring (bicyclic) bond motifs is 3. The second kappa shape index (κ2) is 8.10. The minimum Gasteiger partial charge on any atom is -0.463 e. The smallest absolute Gasteiger partial charge is 0.154 e. The lowest BCUT2D eigenvalue weighted by Gasteiger charge is -2.50. The first-order valence-corrected chi connectivity index (χ1v) is 10.7. The third kappa shape index (κ3) is 3.67. The van der Waals surface area contributed by atoms with Crippen molar-refractivity contribution in [1.82, 2.24) is 20.0 Å². The zero-order valence-electron chi connectivity index (χ0n) is 17.3. The topological polar surface area (TPSA) is 70.0 Å². The molecule has 1 unspecified atom stereocenters. The molecule has 1 aromatic carbocycles. The van der Waals surface area contributed by atoms with Crippen LogP contribution in [0.5, 0.6) is 0 Å². The van der Waals surface area contributed by atoms with E-state index < -0.39 is 0 Å². The molecule has 4 atom stereocenters. The number of hydrogen-bond donors (Lipinski definition) is 1. The van der Waals surface area contributed by atoms with Crippen LogP contribution in [-0.2, 0) is 13.6 Å². The maximum absolute atomic E-state index is 9.07. The quantitative estimate of drug-likeness (QED) is 0.684. The first kappa shape index (κ1) is 19.1. The van der Waals surface area contributed by atoms with Crippen molar-refractivity contribution in [2.24, 2.45) is 13.0 Å². The number of nitrogens with one attached hydrogen (secondary N) is 1. The van der Waals surface area contributed by atoms with Gasteiger partial charge in [0.25, 0.3) is 0 Å². The van der Waals surface area contributed by atoms with E-state index in [1.54, 1.807) is 6.26 Å². The van der Waals surface area contributed by atoms with E-state index in [0.29, 0.717) is 17.9 Å². The van der Waals surface area contributed by atoms with Crippen LogP contribution < -0.4 is 5.32 Å². The molecule has 0 spiro atoms. The van der Waals surface area contributed by atoms with E-state index in [-0.39, 0.29) is 0 Å². The van der Waals surface area contributed by atoms with Crippen LogP contribution in [0.15, 0.2) is 53.1 Å². The van der Waals surface area contributed by atoms with Crippen molar-refractivity contribution in [2.45, 2.75) is 31.3 Å². The zero-order chi connectivity index (χ0) is 20.5. The number of piperidine rings is 3. The average molecular weight is 402 g/mol. The van der Waals surface area contributed by atoms with E-state index in [4.69, 9.17) is 14.8 Å². The van der Waals surface area contributed by atoms with E-state index in [1.807, 2.05) is 42.1 Å². The molecule has 5 heterocycles. The van der Waals surface area contributed by atoms with E-state index >= 15 is 0 Å². The van der Waals surface area contributed by atoms with Gasteiger partial charge in [-0.2, -0.15) is 10.4 Å². The van der Waals surface area contributed by atoms with Gasteiger partial charge >= 0.3 is 0 Å². The van der Waals surface area contributed by atoms with Crippen molar-refractivity contribution in [3.05, 3.63) is 65.5 Å². The van der Waals surface area contributed by atoms with Crippen LogP contribution in [0.4, 0.5) is 0 Å². The average Bonchev–Trinajstić information content (AvgIpc) is 3.44. The Hall–Kier alpha value is -2.88. The Kier molecular flexibility index (Phi) is 5.16. The molecule has 3 saturated heterocycles. The highest BCUT2D eigenvalue weighted by Gasteiger charge is 2.41. The third-order valence-electron chi connectivity index (χ3n) is 6.71. The molecule has 1 N–H and O–H groups in total. The third-order valence-corrected chi connectivity index (χ3v) is 6.71. The molecule has 30 heavy (non-hydrogen) atoms. The van der Waals surface area contributed by atoms with Crippen LogP contribution in [0.25, 0.3) is 11.5 Å². The summed E-state index contributed by atoms with van der Waals surface area (Å²) < 4.78 is 7.58. The highest BCUT2D eigenvalue weighted by atomic mass is 16.3. The Balaban J connectivity index is 1.22. The molecule has 0 amide bonds. The van der Waals surface area contributed by atoms with Gasteiger partial charge in [-0.25, -0.2) is 0 Å². The monoisotopic (exact) mass is 401 g/mol. The van der Waals surface area contributed by atoms with Crippen molar-refractivity contribution in [3.8, 4) is 17.5 Å². The molecule has 2 bridgehead atoms. The van der Waals surface area contributed by atoms with E-state index in [0.717, 1.165) is 36.7 Å². The van der Waals surface area contributed by atoms with E-state index in [9.17, 15) is 0 Å². The fraction of sp³-hybridized carbons (Fsp3) is 0.417. The van der Waals surface area contributed by atoms with Gasteiger partial charge in [0.15, 0.2) is 5.76 Å². The van der Waals surface area contributed by atoms with Crippen molar-refractivity contribution in [1.29, 1.82) is 5.26 Å². The summed E-state index contributed by atoms with van der Waals surface area (Å²) >= 11 is 0. The summed E-state index contributed by atoms with van der Waals surface area (Å²) in [7, 11) is 2.05. The normalized spacial score (nSPS) is 25.3. The predicted octanol–water partition coefficient (Wildman–Crippen LogP) is 3.52. The Bertz CT molecular complexity index is 1050. The van der Waals surface area contributed by atoms with Crippen molar-refractivity contribution < 1.29 is 4.42 Å². The number of benzene rings is 1. The highest BCUT2D eigenvalue weighted by molar-refractivity contribution is 5.52. The standard InChI is InChI=1S/C24H27N5O/c1-28-23(12-22(27-28)24-6-3-9-30-24)21-16-29-8-7-19(21)11-20(29)15-26-14-18-5-2-4-17(10-18)13-25/h2-6,9-10,12,19-21,26H,7-8,11,14-16H2,1H3/t19-,20-,21-/m0/s1. The summed E-state index contributed by atoms with van der Waals surface area (Å²) in [5.41, 5.74) is 4.13. The summed E-state index contributed by atoms with van der Waals surface area (Å²) in [6, 6.07) is 16.7. The molecule has 0 radical (unpaired) electrons. The highest BCUT2D eigenvalue weighted by Crippen LogP contribution is 2.42. The van der Waals surface area contributed by atoms with Gasteiger partial charge in [0.05, 0.1) is 17.9 Å². The first-order valence-electron chi connectivity index (χ1n) is 10.7. The number of hydrogen-bond acceptors (Lipinski definition) is 5.